The van der Waals surface area contributed by atoms with Crippen molar-refractivity contribution in [1.82, 2.24) is 9.80 Å². The summed E-state index contributed by atoms with van der Waals surface area (Å²) in [6.45, 7) is 2.55. The molecule has 9 nitrogen and oxygen atoms in total. The van der Waals surface area contributed by atoms with E-state index in [1.165, 1.54) is 23.3 Å². The third-order valence-corrected chi connectivity index (χ3v) is 7.32. The summed E-state index contributed by atoms with van der Waals surface area (Å²) in [5, 5.41) is 11.6. The van der Waals surface area contributed by atoms with Crippen LogP contribution in [0.4, 0.5) is 14.9 Å². The number of hydrogen-bond acceptors (Lipinski definition) is 4. The van der Waals surface area contributed by atoms with Gasteiger partial charge >= 0.3 is 6.03 Å². The number of nitrogens with zero attached hydrogens (tertiary/aromatic N) is 2. The van der Waals surface area contributed by atoms with E-state index < -0.39 is 27.3 Å². The third kappa shape index (κ3) is 5.12. The molecule has 2 saturated heterocycles. The highest BCUT2D eigenvalue weighted by Gasteiger charge is 2.45. The fourth-order valence-electron chi connectivity index (χ4n) is 3.62. The Morgan fingerprint density at radius 1 is 1.48 bits per heavy atom. The molecule has 0 bridgehead atoms. The maximum absolute atomic E-state index is 13.4. The normalized spacial score (nSPS) is 25.3. The first-order valence-electron chi connectivity index (χ1n) is 9.61. The van der Waals surface area contributed by atoms with Crippen molar-refractivity contribution in [1.29, 1.82) is 5.41 Å². The van der Waals surface area contributed by atoms with E-state index in [0.29, 0.717) is 23.6 Å². The molecule has 31 heavy (non-hydrogen) atoms. The van der Waals surface area contributed by atoms with Crippen LogP contribution in [-0.2, 0) is 19.2 Å². The molecule has 3 atom stereocenters. The van der Waals surface area contributed by atoms with Gasteiger partial charge in [0.2, 0.25) is 16.1 Å². The lowest BCUT2D eigenvalue weighted by atomic mass is 10.1. The van der Waals surface area contributed by atoms with Crippen LogP contribution in [0.5, 0.6) is 0 Å². The second-order valence-electron chi connectivity index (χ2n) is 7.72. The van der Waals surface area contributed by atoms with Gasteiger partial charge in [0.25, 0.3) is 0 Å². The zero-order valence-electron chi connectivity index (χ0n) is 17.1. The van der Waals surface area contributed by atoms with E-state index in [1.807, 2.05) is 12.2 Å². The zero-order valence-corrected chi connectivity index (χ0v) is 18.7. The summed E-state index contributed by atoms with van der Waals surface area (Å²) in [7, 11) is -3.15. The Morgan fingerprint density at radius 3 is 2.77 bits per heavy atom. The molecule has 3 amide bonds. The van der Waals surface area contributed by atoms with Crippen LogP contribution < -0.4 is 10.6 Å². The van der Waals surface area contributed by atoms with Gasteiger partial charge in [-0.15, -0.1) is 0 Å². The van der Waals surface area contributed by atoms with Gasteiger partial charge in [0, 0.05) is 11.9 Å². The van der Waals surface area contributed by atoms with Crippen molar-refractivity contribution in [3.63, 3.8) is 0 Å². The summed E-state index contributed by atoms with van der Waals surface area (Å²) < 4.78 is 35.2. The zero-order chi connectivity index (χ0) is 22.9. The van der Waals surface area contributed by atoms with Crippen LogP contribution in [-0.4, -0.2) is 69.7 Å². The molecule has 2 aliphatic heterocycles. The van der Waals surface area contributed by atoms with Crippen LogP contribution in [0.25, 0.3) is 0 Å². The quantitative estimate of drug-likeness (QED) is 0.388. The van der Waals surface area contributed by atoms with E-state index in [9.17, 15) is 22.7 Å². The van der Waals surface area contributed by atoms with Gasteiger partial charge in [-0.3, -0.25) is 4.79 Å². The fraction of sp³-hybridized carbons (Fsp3) is 0.421. The minimum absolute atomic E-state index is 0.0442. The molecule has 0 radical (unpaired) electrons. The number of carbonyl (C=O) groups is 2. The van der Waals surface area contributed by atoms with Crippen LogP contribution >= 0.6 is 11.6 Å². The van der Waals surface area contributed by atoms with Gasteiger partial charge < -0.3 is 25.8 Å². The van der Waals surface area contributed by atoms with Gasteiger partial charge in [0.1, 0.15) is 24.3 Å². The minimum Gasteiger partial charge on any atom is -0.312 e. The number of carbonyl (C=O) groups excluding carboxylic acids is 2. The van der Waals surface area contributed by atoms with Crippen molar-refractivity contribution in [2.24, 2.45) is 0 Å². The standard InChI is InChI=1S/C19H23ClFN5O4S/c1-11-8-23-16(17(7-22)26-9-13(6-18(26)27)31(2,29)30)10-25(11)19(28)24-12-3-4-15(21)14(20)5-12/h3-5,7,11,13H,6,8-10H2,1-2H3,(H3-,22,23,24,28,29,30)/p+2. The smallest absolute Gasteiger partial charge is 0.312 e. The van der Waals surface area contributed by atoms with E-state index in [1.54, 1.807) is 4.90 Å². The van der Waals surface area contributed by atoms with Crippen molar-refractivity contribution in [3.05, 3.63) is 40.4 Å². The molecule has 12 heteroatoms. The SMILES string of the molecule is CC1C[NH2+]C(=C(C=N)N2CC([S+](C)(=O)O)CC2=O)CN1C(=O)Nc1ccc(F)c(Cl)c1. The van der Waals surface area contributed by atoms with Gasteiger partial charge in [-0.05, 0) is 25.1 Å². The number of nitrogens with one attached hydrogen (secondary N) is 2. The molecule has 2 heterocycles. The number of piperazine rings is 1. The van der Waals surface area contributed by atoms with Gasteiger partial charge in [-0.25, -0.2) is 9.18 Å². The summed E-state index contributed by atoms with van der Waals surface area (Å²) in [6.07, 6.45) is 2.17. The Labute approximate surface area is 185 Å². The minimum atomic E-state index is -3.15. The summed E-state index contributed by atoms with van der Waals surface area (Å²) in [5.74, 6) is -0.919. The van der Waals surface area contributed by atoms with Gasteiger partial charge in [-0.1, -0.05) is 15.8 Å². The van der Waals surface area contributed by atoms with Crippen molar-refractivity contribution in [2.45, 2.75) is 24.6 Å². The molecule has 168 valence electrons. The molecule has 0 aliphatic carbocycles. The van der Waals surface area contributed by atoms with Crippen LogP contribution in [0.1, 0.15) is 13.3 Å². The molecule has 2 aliphatic rings. The van der Waals surface area contributed by atoms with E-state index in [-0.39, 0.29) is 36.5 Å². The van der Waals surface area contributed by atoms with E-state index in [4.69, 9.17) is 17.0 Å². The second kappa shape index (κ2) is 9.03. The number of halogens is 2. The lowest BCUT2D eigenvalue weighted by Crippen LogP contribution is -2.90. The van der Waals surface area contributed by atoms with Crippen LogP contribution in [0.2, 0.25) is 5.02 Å². The molecule has 3 unspecified atom stereocenters. The van der Waals surface area contributed by atoms with Gasteiger partial charge in [0.15, 0.2) is 10.9 Å². The maximum Gasteiger partial charge on any atom is 0.322 e. The molecular weight excluding hydrogens is 449 g/mol. The van der Waals surface area contributed by atoms with Crippen molar-refractivity contribution in [3.8, 4) is 0 Å². The fourth-order valence-corrected chi connectivity index (χ4v) is 4.67. The number of nitrogens with two attached hydrogens (primary N) is 1. The molecule has 0 spiro atoms. The molecule has 1 aromatic carbocycles. The number of benzene rings is 1. The monoisotopic (exact) mass is 473 g/mol. The third-order valence-electron chi connectivity index (χ3n) is 5.47. The first-order chi connectivity index (χ1) is 14.5. The Balaban J connectivity index is 1.80. The van der Waals surface area contributed by atoms with Crippen LogP contribution in [0.3, 0.4) is 0 Å². The molecule has 1 aromatic rings. The van der Waals surface area contributed by atoms with Crippen molar-refractivity contribution >= 4 is 45.7 Å². The number of likely N-dealkylation sites (tertiary alicyclic amines) is 1. The summed E-state index contributed by atoms with van der Waals surface area (Å²) >= 11 is 5.77. The Bertz CT molecular complexity index is 998. The average molecular weight is 474 g/mol. The lowest BCUT2D eigenvalue weighted by Gasteiger charge is -2.34. The first kappa shape index (κ1) is 23.3. The van der Waals surface area contributed by atoms with E-state index in [2.05, 4.69) is 5.32 Å². The summed E-state index contributed by atoms with van der Waals surface area (Å²) in [6, 6.07) is 3.30. The molecule has 5 N–H and O–H groups in total. The highest BCUT2D eigenvalue weighted by Crippen LogP contribution is 2.25. The number of allylic oxidation sites excluding steroid dienone is 1. The lowest BCUT2D eigenvalue weighted by molar-refractivity contribution is -0.621. The topological polar surface area (TPSA) is 130 Å². The summed E-state index contributed by atoms with van der Waals surface area (Å²) in [4.78, 5) is 28.2. The van der Waals surface area contributed by atoms with Gasteiger partial charge in [-0.2, -0.15) is 4.55 Å². The Hall–Kier alpha value is -2.34. The van der Waals surface area contributed by atoms with E-state index >= 15 is 0 Å². The van der Waals surface area contributed by atoms with Crippen molar-refractivity contribution in [2.75, 3.05) is 31.2 Å². The Morgan fingerprint density at radius 2 is 2.19 bits per heavy atom. The molecule has 0 saturated carbocycles. The number of quaternary nitrogens is 1. The number of amides is 3. The van der Waals surface area contributed by atoms with Gasteiger partial charge in [0.05, 0.1) is 30.6 Å². The molecule has 3 rings (SSSR count). The average Bonchev–Trinajstić information content (AvgIpc) is 3.08. The predicted molar refractivity (Wildman–Crippen MR) is 116 cm³/mol. The Kier molecular flexibility index (Phi) is 6.79. The highest BCUT2D eigenvalue weighted by molar-refractivity contribution is 7.97. The number of anilines is 1. The molecule has 2 fully saturated rings. The number of hydrogen-bond donors (Lipinski definition) is 4. The number of urea groups is 1. The second-order valence-corrected chi connectivity index (χ2v) is 10.5. The van der Waals surface area contributed by atoms with Crippen LogP contribution in [0, 0.1) is 11.2 Å². The highest BCUT2D eigenvalue weighted by atomic mass is 35.5. The maximum atomic E-state index is 13.4. The first-order valence-corrected chi connectivity index (χ1v) is 12.0. The molecule has 0 aromatic heterocycles. The largest absolute Gasteiger partial charge is 0.322 e. The number of rotatable bonds is 4. The summed E-state index contributed by atoms with van der Waals surface area (Å²) in [5.41, 5.74) is 1.26. The van der Waals surface area contributed by atoms with Crippen molar-refractivity contribution < 1.29 is 28.1 Å². The predicted octanol–water partition coefficient (Wildman–Crippen LogP) is 1.34. The van der Waals surface area contributed by atoms with E-state index in [0.717, 1.165) is 12.3 Å². The molecular formula is C19H25ClFN5O4S+2. The van der Waals surface area contributed by atoms with Crippen LogP contribution in [0.15, 0.2) is 29.6 Å².